The van der Waals surface area contributed by atoms with Crippen LogP contribution >= 0.6 is 11.6 Å². The molecule has 2 N–H and O–H groups in total. The van der Waals surface area contributed by atoms with E-state index in [9.17, 15) is 17.6 Å². The van der Waals surface area contributed by atoms with Crippen molar-refractivity contribution in [2.75, 3.05) is 13.2 Å². The maximum absolute atomic E-state index is 13.3. The summed E-state index contributed by atoms with van der Waals surface area (Å²) in [6, 6.07) is 11.1. The van der Waals surface area contributed by atoms with E-state index in [1.807, 2.05) is 0 Å². The average Bonchev–Trinajstić information content (AvgIpc) is 3.34. The van der Waals surface area contributed by atoms with Gasteiger partial charge in [-0.1, -0.05) is 23.7 Å². The van der Waals surface area contributed by atoms with Gasteiger partial charge in [0.15, 0.2) is 9.84 Å². The first kappa shape index (κ1) is 19.8. The minimum absolute atomic E-state index is 0.0450. The zero-order valence-corrected chi connectivity index (χ0v) is 16.1. The molecule has 1 saturated carbocycles. The van der Waals surface area contributed by atoms with Crippen LogP contribution in [0.15, 0.2) is 53.4 Å². The van der Waals surface area contributed by atoms with Crippen LogP contribution in [0.4, 0.5) is 4.39 Å². The largest absolute Gasteiger partial charge is 0.465 e. The lowest BCUT2D eigenvalue weighted by Crippen LogP contribution is -2.33. The molecule has 0 aliphatic heterocycles. The number of ether oxygens (including phenoxy) is 1. The highest BCUT2D eigenvalue weighted by Crippen LogP contribution is 2.64. The summed E-state index contributed by atoms with van der Waals surface area (Å²) in [6.45, 7) is 1.54. The molecule has 0 unspecified atom stereocenters. The highest BCUT2D eigenvalue weighted by molar-refractivity contribution is 7.92. The molecule has 144 valence electrons. The Hall–Kier alpha value is -1.96. The van der Waals surface area contributed by atoms with Crippen LogP contribution in [0.25, 0.3) is 0 Å². The molecule has 2 aromatic rings. The van der Waals surface area contributed by atoms with Crippen LogP contribution in [0.1, 0.15) is 18.4 Å². The van der Waals surface area contributed by atoms with Gasteiger partial charge in [0.1, 0.15) is 11.2 Å². The second-order valence-corrected chi connectivity index (χ2v) is 8.92. The molecule has 27 heavy (non-hydrogen) atoms. The molecular weight excluding hydrogens is 393 g/mol. The fraction of sp³-hybridized carbons (Fsp3) is 0.316. The third kappa shape index (κ3) is 3.24. The van der Waals surface area contributed by atoms with Gasteiger partial charge in [-0.15, -0.1) is 0 Å². The molecule has 0 heterocycles. The van der Waals surface area contributed by atoms with Crippen LogP contribution in [0.2, 0.25) is 5.02 Å². The van der Waals surface area contributed by atoms with Gasteiger partial charge < -0.3 is 10.5 Å². The normalized spacial score (nSPS) is 24.4. The Labute approximate surface area is 162 Å². The molecule has 8 heteroatoms. The third-order valence-electron chi connectivity index (χ3n) is 4.96. The molecule has 0 aromatic heterocycles. The van der Waals surface area contributed by atoms with Crippen molar-refractivity contribution in [2.45, 2.75) is 23.0 Å². The molecule has 0 radical (unpaired) electrons. The lowest BCUT2D eigenvalue weighted by molar-refractivity contribution is -0.149. The predicted octanol–water partition coefficient (Wildman–Crippen LogP) is 2.93. The van der Waals surface area contributed by atoms with Gasteiger partial charge in [-0.05, 0) is 48.9 Å². The predicted molar refractivity (Wildman–Crippen MR) is 99.7 cm³/mol. The molecule has 5 nitrogen and oxygen atoms in total. The molecule has 2 aromatic carbocycles. The molecule has 0 bridgehead atoms. The Morgan fingerprint density at radius 2 is 1.78 bits per heavy atom. The van der Waals surface area contributed by atoms with Crippen LogP contribution in [0, 0.1) is 11.2 Å². The number of hydrogen-bond acceptors (Lipinski definition) is 5. The van der Waals surface area contributed by atoms with Gasteiger partial charge >= 0.3 is 5.97 Å². The van der Waals surface area contributed by atoms with Gasteiger partial charge in [0.25, 0.3) is 0 Å². The van der Waals surface area contributed by atoms with Crippen LogP contribution in [0.5, 0.6) is 0 Å². The van der Waals surface area contributed by atoms with Gasteiger partial charge in [-0.3, -0.25) is 4.79 Å². The van der Waals surface area contributed by atoms with E-state index in [0.717, 1.165) is 0 Å². The molecule has 3 rings (SSSR count). The summed E-state index contributed by atoms with van der Waals surface area (Å²) >= 11 is 5.85. The summed E-state index contributed by atoms with van der Waals surface area (Å²) in [5.74, 6) is -1.84. The monoisotopic (exact) mass is 411 g/mol. The lowest BCUT2D eigenvalue weighted by atomic mass is 9.99. The molecule has 0 spiro atoms. The smallest absolute Gasteiger partial charge is 0.315 e. The number of halogens is 2. The molecule has 1 aliphatic rings. The summed E-state index contributed by atoms with van der Waals surface area (Å²) < 4.78 is 45.0. The van der Waals surface area contributed by atoms with Crippen LogP contribution in [0.3, 0.4) is 0 Å². The SMILES string of the molecule is CCOC(=O)[C@@]1(CN)[C@@H](c2ccc(F)cc2)[C@@H]1S(=O)(=O)c1ccc(Cl)cc1. The summed E-state index contributed by atoms with van der Waals surface area (Å²) in [6.07, 6.45) is 0. The van der Waals surface area contributed by atoms with Crippen molar-refractivity contribution in [1.29, 1.82) is 0 Å². The number of esters is 1. The Bertz CT molecular complexity index is 947. The van der Waals surface area contributed by atoms with Crippen LogP contribution in [-0.4, -0.2) is 32.8 Å². The lowest BCUT2D eigenvalue weighted by Gasteiger charge is -2.14. The average molecular weight is 412 g/mol. The molecule has 3 atom stereocenters. The van der Waals surface area contributed by atoms with E-state index in [-0.39, 0.29) is 18.0 Å². The van der Waals surface area contributed by atoms with E-state index in [1.54, 1.807) is 6.92 Å². The minimum Gasteiger partial charge on any atom is -0.465 e. The number of rotatable bonds is 6. The van der Waals surface area contributed by atoms with Crippen molar-refractivity contribution < 1.29 is 22.3 Å². The van der Waals surface area contributed by atoms with E-state index in [4.69, 9.17) is 22.1 Å². The van der Waals surface area contributed by atoms with Crippen LogP contribution in [-0.2, 0) is 19.4 Å². The number of carbonyl (C=O) groups is 1. The van der Waals surface area contributed by atoms with Gasteiger partial charge in [0, 0.05) is 17.5 Å². The highest BCUT2D eigenvalue weighted by atomic mass is 35.5. The zero-order valence-electron chi connectivity index (χ0n) is 14.6. The Morgan fingerprint density at radius 3 is 2.30 bits per heavy atom. The standard InChI is InChI=1S/C19H19ClFNO4S/c1-2-26-18(23)19(11-22)16(12-3-7-14(21)8-4-12)17(19)27(24,25)15-9-5-13(20)6-10-15/h3-10,16-17H,2,11,22H2,1H3/t16-,17-,19-/m0/s1. The van der Waals surface area contributed by atoms with Gasteiger partial charge in [-0.25, -0.2) is 12.8 Å². The summed E-state index contributed by atoms with van der Waals surface area (Å²) in [4.78, 5) is 12.7. The zero-order chi connectivity index (χ0) is 19.8. The molecule has 1 fully saturated rings. The van der Waals surface area contributed by atoms with E-state index in [1.165, 1.54) is 48.5 Å². The topological polar surface area (TPSA) is 86.5 Å². The van der Waals surface area contributed by atoms with Crippen molar-refractivity contribution in [1.82, 2.24) is 0 Å². The molecule has 1 aliphatic carbocycles. The first-order valence-corrected chi connectivity index (χ1v) is 10.3. The maximum Gasteiger partial charge on any atom is 0.315 e. The first-order valence-electron chi connectivity index (χ1n) is 8.41. The van der Waals surface area contributed by atoms with Gasteiger partial charge in [0.2, 0.25) is 0 Å². The highest BCUT2D eigenvalue weighted by Gasteiger charge is 2.75. The fourth-order valence-corrected chi connectivity index (χ4v) is 6.12. The van der Waals surface area contributed by atoms with Crippen molar-refractivity contribution in [3.63, 3.8) is 0 Å². The van der Waals surface area contributed by atoms with Gasteiger partial charge in [0.05, 0.1) is 16.8 Å². The van der Waals surface area contributed by atoms with Crippen molar-refractivity contribution in [2.24, 2.45) is 11.1 Å². The molecule has 0 saturated heterocycles. The third-order valence-corrected chi connectivity index (χ3v) is 7.50. The second-order valence-electron chi connectivity index (χ2n) is 6.41. The van der Waals surface area contributed by atoms with E-state index in [0.29, 0.717) is 10.6 Å². The van der Waals surface area contributed by atoms with Crippen molar-refractivity contribution in [3.8, 4) is 0 Å². The summed E-state index contributed by atoms with van der Waals surface area (Å²) in [5.41, 5.74) is 5.00. The van der Waals surface area contributed by atoms with E-state index >= 15 is 0 Å². The molecule has 0 amide bonds. The van der Waals surface area contributed by atoms with E-state index in [2.05, 4.69) is 0 Å². The number of carbonyl (C=O) groups excluding carboxylic acids is 1. The van der Waals surface area contributed by atoms with E-state index < -0.39 is 38.2 Å². The number of nitrogens with two attached hydrogens (primary N) is 1. The van der Waals surface area contributed by atoms with Crippen molar-refractivity contribution in [3.05, 3.63) is 64.9 Å². The Morgan fingerprint density at radius 1 is 1.19 bits per heavy atom. The quantitative estimate of drug-likeness (QED) is 0.738. The van der Waals surface area contributed by atoms with Crippen molar-refractivity contribution >= 4 is 27.4 Å². The number of sulfone groups is 1. The Balaban J connectivity index is 2.10. The second kappa shape index (κ2) is 7.22. The summed E-state index contributed by atoms with van der Waals surface area (Å²) in [7, 11) is -3.91. The number of benzene rings is 2. The summed E-state index contributed by atoms with van der Waals surface area (Å²) in [5, 5.41) is -0.698. The fourth-order valence-electron chi connectivity index (χ4n) is 3.61. The minimum atomic E-state index is -3.91. The number of hydrogen-bond donors (Lipinski definition) is 1. The van der Waals surface area contributed by atoms with Crippen LogP contribution < -0.4 is 5.73 Å². The first-order chi connectivity index (χ1) is 12.8. The Kier molecular flexibility index (Phi) is 5.29. The van der Waals surface area contributed by atoms with Gasteiger partial charge in [-0.2, -0.15) is 0 Å². The molecular formula is C19H19ClFNO4S. The maximum atomic E-state index is 13.3.